The molecule has 9 heteroatoms. The summed E-state index contributed by atoms with van der Waals surface area (Å²) in [6.07, 6.45) is -5.63. The van der Waals surface area contributed by atoms with Gasteiger partial charge in [0.05, 0.1) is 11.3 Å². The van der Waals surface area contributed by atoms with Crippen molar-refractivity contribution in [3.63, 3.8) is 0 Å². The van der Waals surface area contributed by atoms with Crippen LogP contribution in [0.5, 0.6) is 0 Å². The second-order valence-electron chi connectivity index (χ2n) is 3.66. The lowest BCUT2D eigenvalue weighted by atomic mass is 10.2. The first-order chi connectivity index (χ1) is 8.76. The zero-order valence-electron chi connectivity index (χ0n) is 9.13. The first kappa shape index (κ1) is 14.3. The van der Waals surface area contributed by atoms with Crippen LogP contribution in [0.15, 0.2) is 25.6 Å². The van der Waals surface area contributed by atoms with Gasteiger partial charge in [-0.05, 0) is 28.1 Å². The Balaban J connectivity index is 2.38. The van der Waals surface area contributed by atoms with Crippen LogP contribution >= 0.6 is 31.9 Å². The summed E-state index contributed by atoms with van der Waals surface area (Å²) in [6, 6.07) is 3.29. The summed E-state index contributed by atoms with van der Waals surface area (Å²) in [5, 5.41) is 3.29. The molecule has 0 aliphatic heterocycles. The lowest BCUT2D eigenvalue weighted by molar-refractivity contribution is -0.128. The SMILES string of the molecule is Nc1c(Br)cc(Br)cc1-c1nc(CC(F)(F)F)no1. The van der Waals surface area contributed by atoms with Crippen molar-refractivity contribution in [1.82, 2.24) is 10.1 Å². The zero-order chi connectivity index (χ0) is 14.2. The van der Waals surface area contributed by atoms with Crippen molar-refractivity contribution in [3.05, 3.63) is 26.9 Å². The fourth-order valence-electron chi connectivity index (χ4n) is 1.38. The van der Waals surface area contributed by atoms with Crippen LogP contribution in [-0.2, 0) is 6.42 Å². The summed E-state index contributed by atoms with van der Waals surface area (Å²) in [5.41, 5.74) is 6.48. The van der Waals surface area contributed by atoms with E-state index in [4.69, 9.17) is 10.3 Å². The highest BCUT2D eigenvalue weighted by atomic mass is 79.9. The summed E-state index contributed by atoms with van der Waals surface area (Å²) in [7, 11) is 0. The van der Waals surface area contributed by atoms with Crippen LogP contribution in [0.1, 0.15) is 5.82 Å². The van der Waals surface area contributed by atoms with Gasteiger partial charge in [0, 0.05) is 8.95 Å². The van der Waals surface area contributed by atoms with Crippen molar-refractivity contribution in [2.75, 3.05) is 5.73 Å². The summed E-state index contributed by atoms with van der Waals surface area (Å²) >= 11 is 6.47. The third-order valence-electron chi connectivity index (χ3n) is 2.15. The molecule has 0 spiro atoms. The Morgan fingerprint density at radius 1 is 1.26 bits per heavy atom. The smallest absolute Gasteiger partial charge is 0.396 e. The van der Waals surface area contributed by atoms with E-state index >= 15 is 0 Å². The van der Waals surface area contributed by atoms with Gasteiger partial charge in [-0.2, -0.15) is 18.2 Å². The Morgan fingerprint density at radius 3 is 2.58 bits per heavy atom. The summed E-state index contributed by atoms with van der Waals surface area (Å²) < 4.78 is 42.7. The number of anilines is 1. The number of nitrogen functional groups attached to an aromatic ring is 1. The van der Waals surface area contributed by atoms with Gasteiger partial charge in [-0.25, -0.2) is 0 Å². The predicted molar refractivity (Wildman–Crippen MR) is 69.3 cm³/mol. The monoisotopic (exact) mass is 399 g/mol. The molecule has 1 heterocycles. The van der Waals surface area contributed by atoms with E-state index in [9.17, 15) is 13.2 Å². The molecule has 4 nitrogen and oxygen atoms in total. The number of aromatic nitrogens is 2. The fourth-order valence-corrected chi connectivity index (χ4v) is 2.60. The third kappa shape index (κ3) is 3.47. The highest BCUT2D eigenvalue weighted by Gasteiger charge is 2.31. The van der Waals surface area contributed by atoms with E-state index in [0.29, 0.717) is 20.2 Å². The van der Waals surface area contributed by atoms with Gasteiger partial charge in [-0.15, -0.1) is 0 Å². The van der Waals surface area contributed by atoms with Gasteiger partial charge >= 0.3 is 6.18 Å². The van der Waals surface area contributed by atoms with Gasteiger partial charge in [0.25, 0.3) is 5.89 Å². The Kier molecular flexibility index (Phi) is 3.86. The van der Waals surface area contributed by atoms with Crippen molar-refractivity contribution in [1.29, 1.82) is 0 Å². The topological polar surface area (TPSA) is 64.9 Å². The van der Waals surface area contributed by atoms with Gasteiger partial charge in [0.1, 0.15) is 6.42 Å². The molecule has 2 rings (SSSR count). The summed E-state index contributed by atoms with van der Waals surface area (Å²) in [4.78, 5) is 3.69. The lowest BCUT2D eigenvalue weighted by Crippen LogP contribution is -2.12. The van der Waals surface area contributed by atoms with E-state index in [2.05, 4.69) is 42.0 Å². The van der Waals surface area contributed by atoms with Crippen LogP contribution in [0.2, 0.25) is 0 Å². The molecule has 0 atom stereocenters. The molecule has 1 aromatic carbocycles. The molecule has 0 bridgehead atoms. The molecule has 0 amide bonds. The molecule has 102 valence electrons. The highest BCUT2D eigenvalue weighted by molar-refractivity contribution is 9.11. The Morgan fingerprint density at radius 2 is 1.95 bits per heavy atom. The molecule has 0 saturated heterocycles. The first-order valence-corrected chi connectivity index (χ1v) is 6.49. The normalized spacial score (nSPS) is 11.8. The predicted octanol–water partition coefficient (Wildman–Crippen LogP) is 3.95. The fraction of sp³-hybridized carbons (Fsp3) is 0.200. The zero-order valence-corrected chi connectivity index (χ0v) is 12.3. The molecule has 2 N–H and O–H groups in total. The molecular formula is C10H6Br2F3N3O. The molecule has 0 fully saturated rings. The Hall–Kier alpha value is -1.09. The van der Waals surface area contributed by atoms with Crippen molar-refractivity contribution in [2.24, 2.45) is 0 Å². The van der Waals surface area contributed by atoms with E-state index in [1.165, 1.54) is 0 Å². The quantitative estimate of drug-likeness (QED) is 0.775. The number of rotatable bonds is 2. The van der Waals surface area contributed by atoms with Gasteiger partial charge < -0.3 is 10.3 Å². The number of benzene rings is 1. The van der Waals surface area contributed by atoms with Crippen LogP contribution in [0, 0.1) is 0 Å². The molecule has 19 heavy (non-hydrogen) atoms. The minimum absolute atomic E-state index is 0.0567. The maximum absolute atomic E-state index is 12.2. The number of alkyl halides is 3. The standard InChI is InChI=1S/C10H6Br2F3N3O/c11-4-1-5(8(16)6(12)2-4)9-17-7(18-19-9)3-10(13,14)15/h1-2H,3,16H2. The Bertz CT molecular complexity index is 613. The minimum atomic E-state index is -4.38. The van der Waals surface area contributed by atoms with Crippen LogP contribution in [-0.4, -0.2) is 16.3 Å². The third-order valence-corrected chi connectivity index (χ3v) is 3.27. The number of hydrogen-bond donors (Lipinski definition) is 1. The van der Waals surface area contributed by atoms with Crippen LogP contribution in [0.4, 0.5) is 18.9 Å². The number of nitrogens with zero attached hydrogens (tertiary/aromatic N) is 2. The molecule has 0 unspecified atom stereocenters. The van der Waals surface area contributed by atoms with E-state index < -0.39 is 18.4 Å². The molecule has 1 aromatic heterocycles. The van der Waals surface area contributed by atoms with Crippen molar-refractivity contribution < 1.29 is 17.7 Å². The van der Waals surface area contributed by atoms with E-state index in [1.54, 1.807) is 12.1 Å². The van der Waals surface area contributed by atoms with Crippen LogP contribution in [0.25, 0.3) is 11.5 Å². The molecule has 0 saturated carbocycles. The van der Waals surface area contributed by atoms with Crippen molar-refractivity contribution in [2.45, 2.75) is 12.6 Å². The van der Waals surface area contributed by atoms with Gasteiger partial charge in [0.15, 0.2) is 5.82 Å². The molecule has 0 aliphatic carbocycles. The highest BCUT2D eigenvalue weighted by Crippen LogP contribution is 2.34. The Labute approximate surface area is 122 Å². The number of halogens is 5. The van der Waals surface area contributed by atoms with Gasteiger partial charge in [0.2, 0.25) is 0 Å². The molecule has 0 radical (unpaired) electrons. The van der Waals surface area contributed by atoms with E-state index in [0.717, 1.165) is 0 Å². The largest absolute Gasteiger partial charge is 0.397 e. The molecule has 2 aromatic rings. The summed E-state index contributed by atoms with van der Waals surface area (Å²) in [5.74, 6) is -0.489. The lowest BCUT2D eigenvalue weighted by Gasteiger charge is -2.04. The van der Waals surface area contributed by atoms with Crippen LogP contribution in [0.3, 0.4) is 0 Å². The van der Waals surface area contributed by atoms with Gasteiger partial charge in [-0.3, -0.25) is 0 Å². The van der Waals surface area contributed by atoms with E-state index in [1.807, 2.05) is 0 Å². The van der Waals surface area contributed by atoms with E-state index in [-0.39, 0.29) is 5.89 Å². The minimum Gasteiger partial charge on any atom is -0.397 e. The second-order valence-corrected chi connectivity index (χ2v) is 5.43. The molecule has 0 aliphatic rings. The van der Waals surface area contributed by atoms with Gasteiger partial charge in [-0.1, -0.05) is 21.1 Å². The maximum Gasteiger partial charge on any atom is 0.396 e. The average molecular weight is 401 g/mol. The number of nitrogens with two attached hydrogens (primary N) is 1. The van der Waals surface area contributed by atoms with Crippen molar-refractivity contribution in [3.8, 4) is 11.5 Å². The first-order valence-electron chi connectivity index (χ1n) is 4.90. The molecular weight excluding hydrogens is 395 g/mol. The number of hydrogen-bond acceptors (Lipinski definition) is 4. The summed E-state index contributed by atoms with van der Waals surface area (Å²) in [6.45, 7) is 0. The average Bonchev–Trinajstić information content (AvgIpc) is 2.69. The van der Waals surface area contributed by atoms with Crippen LogP contribution < -0.4 is 5.73 Å². The van der Waals surface area contributed by atoms with Crippen molar-refractivity contribution >= 4 is 37.5 Å². The maximum atomic E-state index is 12.2. The second kappa shape index (κ2) is 5.12.